The third-order valence-corrected chi connectivity index (χ3v) is 3.52. The Morgan fingerprint density at radius 1 is 1.50 bits per heavy atom. The number of likely N-dealkylation sites (tertiary alicyclic amines) is 1. The van der Waals surface area contributed by atoms with E-state index in [1.807, 2.05) is 6.92 Å². The van der Waals surface area contributed by atoms with Crippen molar-refractivity contribution in [1.29, 1.82) is 0 Å². The molecule has 0 spiro atoms. The average Bonchev–Trinajstić information content (AvgIpc) is 3.06. The molecule has 6 nitrogen and oxygen atoms in total. The SMILES string of the molecule is CCCCc1noc(CN2CCCC2C(=O)OCC)n1. The van der Waals surface area contributed by atoms with Crippen LogP contribution in [0.1, 0.15) is 51.2 Å². The molecule has 1 aromatic heterocycles. The highest BCUT2D eigenvalue weighted by molar-refractivity contribution is 5.76. The van der Waals surface area contributed by atoms with E-state index >= 15 is 0 Å². The van der Waals surface area contributed by atoms with Gasteiger partial charge in [0.15, 0.2) is 5.82 Å². The zero-order valence-corrected chi connectivity index (χ0v) is 12.3. The number of carbonyl (C=O) groups is 1. The molecule has 1 atom stereocenters. The van der Waals surface area contributed by atoms with Crippen LogP contribution in [0.4, 0.5) is 0 Å². The average molecular weight is 281 g/mol. The summed E-state index contributed by atoms with van der Waals surface area (Å²) in [5.74, 6) is 1.21. The van der Waals surface area contributed by atoms with Gasteiger partial charge in [-0.25, -0.2) is 0 Å². The monoisotopic (exact) mass is 281 g/mol. The largest absolute Gasteiger partial charge is 0.465 e. The van der Waals surface area contributed by atoms with Gasteiger partial charge in [-0.2, -0.15) is 4.98 Å². The number of rotatable bonds is 7. The minimum Gasteiger partial charge on any atom is -0.465 e. The number of ether oxygens (including phenoxy) is 1. The lowest BCUT2D eigenvalue weighted by Gasteiger charge is -2.20. The van der Waals surface area contributed by atoms with Gasteiger partial charge in [-0.05, 0) is 32.7 Å². The molecule has 112 valence electrons. The number of unbranched alkanes of at least 4 members (excludes halogenated alkanes) is 1. The van der Waals surface area contributed by atoms with Crippen LogP contribution in [0.3, 0.4) is 0 Å². The maximum atomic E-state index is 11.9. The molecule has 2 rings (SSSR count). The molecule has 1 aromatic rings. The van der Waals surface area contributed by atoms with Crippen LogP contribution in [-0.4, -0.2) is 40.2 Å². The Morgan fingerprint density at radius 2 is 2.35 bits per heavy atom. The van der Waals surface area contributed by atoms with E-state index in [1.165, 1.54) is 0 Å². The first kappa shape index (κ1) is 15.0. The summed E-state index contributed by atoms with van der Waals surface area (Å²) in [5.41, 5.74) is 0. The Morgan fingerprint density at radius 3 is 3.10 bits per heavy atom. The van der Waals surface area contributed by atoms with Gasteiger partial charge >= 0.3 is 5.97 Å². The summed E-state index contributed by atoms with van der Waals surface area (Å²) < 4.78 is 10.4. The van der Waals surface area contributed by atoms with E-state index in [0.717, 1.165) is 44.5 Å². The molecule has 1 saturated heterocycles. The standard InChI is InChI=1S/C14H23N3O3/c1-3-5-8-12-15-13(20-16-12)10-17-9-6-7-11(17)14(18)19-4-2/h11H,3-10H2,1-2H3. The van der Waals surface area contributed by atoms with E-state index in [0.29, 0.717) is 19.0 Å². The maximum Gasteiger partial charge on any atom is 0.323 e. The van der Waals surface area contributed by atoms with Crippen molar-refractivity contribution >= 4 is 5.97 Å². The van der Waals surface area contributed by atoms with Crippen LogP contribution in [0.2, 0.25) is 0 Å². The van der Waals surface area contributed by atoms with Crippen LogP contribution in [0.5, 0.6) is 0 Å². The third kappa shape index (κ3) is 3.79. The molecule has 1 aliphatic rings. The highest BCUT2D eigenvalue weighted by Crippen LogP contribution is 2.20. The summed E-state index contributed by atoms with van der Waals surface area (Å²) in [7, 11) is 0. The Kier molecular flexibility index (Phi) is 5.52. The van der Waals surface area contributed by atoms with Gasteiger partial charge in [-0.15, -0.1) is 0 Å². The minimum atomic E-state index is -0.166. The van der Waals surface area contributed by atoms with Gasteiger partial charge in [0, 0.05) is 6.42 Å². The molecule has 1 aliphatic heterocycles. The van der Waals surface area contributed by atoms with E-state index in [4.69, 9.17) is 9.26 Å². The van der Waals surface area contributed by atoms with Gasteiger partial charge in [0.2, 0.25) is 5.89 Å². The van der Waals surface area contributed by atoms with Crippen molar-refractivity contribution in [2.45, 2.75) is 58.5 Å². The van der Waals surface area contributed by atoms with Gasteiger partial charge in [0.25, 0.3) is 0 Å². The van der Waals surface area contributed by atoms with Crippen LogP contribution < -0.4 is 0 Å². The number of hydrogen-bond acceptors (Lipinski definition) is 6. The second kappa shape index (κ2) is 7.38. The van der Waals surface area contributed by atoms with E-state index in [-0.39, 0.29) is 12.0 Å². The van der Waals surface area contributed by atoms with Gasteiger partial charge in [-0.1, -0.05) is 18.5 Å². The van der Waals surface area contributed by atoms with Gasteiger partial charge in [0.05, 0.1) is 13.2 Å². The second-order valence-electron chi connectivity index (χ2n) is 5.09. The molecular formula is C14H23N3O3. The van der Waals surface area contributed by atoms with E-state index in [2.05, 4.69) is 22.0 Å². The van der Waals surface area contributed by atoms with Crippen LogP contribution in [0, 0.1) is 0 Å². The maximum absolute atomic E-state index is 11.9. The summed E-state index contributed by atoms with van der Waals surface area (Å²) in [6, 6.07) is -0.166. The summed E-state index contributed by atoms with van der Waals surface area (Å²) >= 11 is 0. The molecule has 6 heteroatoms. The Hall–Kier alpha value is -1.43. The number of esters is 1. The van der Waals surface area contributed by atoms with E-state index in [9.17, 15) is 4.79 Å². The third-order valence-electron chi connectivity index (χ3n) is 3.52. The normalized spacial score (nSPS) is 19.4. The predicted octanol–water partition coefficient (Wildman–Crippen LogP) is 1.94. The first-order valence-electron chi connectivity index (χ1n) is 7.46. The van der Waals surface area contributed by atoms with Crippen molar-refractivity contribution in [3.8, 4) is 0 Å². The molecular weight excluding hydrogens is 258 g/mol. The minimum absolute atomic E-state index is 0.143. The van der Waals surface area contributed by atoms with Crippen LogP contribution in [-0.2, 0) is 22.5 Å². The van der Waals surface area contributed by atoms with Crippen molar-refractivity contribution < 1.29 is 14.1 Å². The molecule has 0 amide bonds. The molecule has 1 unspecified atom stereocenters. The topological polar surface area (TPSA) is 68.5 Å². The smallest absolute Gasteiger partial charge is 0.323 e. The molecule has 0 bridgehead atoms. The molecule has 0 radical (unpaired) electrons. The fraction of sp³-hybridized carbons (Fsp3) is 0.786. The van der Waals surface area contributed by atoms with Gasteiger partial charge in [0.1, 0.15) is 6.04 Å². The molecule has 2 heterocycles. The van der Waals surface area contributed by atoms with Crippen molar-refractivity contribution in [3.63, 3.8) is 0 Å². The summed E-state index contributed by atoms with van der Waals surface area (Å²) in [6.45, 7) is 5.79. The highest BCUT2D eigenvalue weighted by atomic mass is 16.5. The van der Waals surface area contributed by atoms with Crippen molar-refractivity contribution in [2.75, 3.05) is 13.2 Å². The van der Waals surface area contributed by atoms with E-state index in [1.54, 1.807) is 0 Å². The predicted molar refractivity (Wildman–Crippen MR) is 73.0 cm³/mol. The van der Waals surface area contributed by atoms with Crippen molar-refractivity contribution in [2.24, 2.45) is 0 Å². The number of hydrogen-bond donors (Lipinski definition) is 0. The molecule has 0 aromatic carbocycles. The first-order chi connectivity index (χ1) is 9.74. The number of aryl methyl sites for hydroxylation is 1. The zero-order valence-electron chi connectivity index (χ0n) is 12.3. The molecule has 1 fully saturated rings. The fourth-order valence-electron chi connectivity index (χ4n) is 2.49. The van der Waals surface area contributed by atoms with Crippen molar-refractivity contribution in [1.82, 2.24) is 15.0 Å². The first-order valence-corrected chi connectivity index (χ1v) is 7.46. The number of carbonyl (C=O) groups excluding carboxylic acids is 1. The Labute approximate surface area is 119 Å². The lowest BCUT2D eigenvalue weighted by molar-refractivity contribution is -0.148. The number of nitrogens with zero attached hydrogens (tertiary/aromatic N) is 3. The molecule has 0 saturated carbocycles. The van der Waals surface area contributed by atoms with Crippen LogP contribution in [0.15, 0.2) is 4.52 Å². The summed E-state index contributed by atoms with van der Waals surface area (Å²) in [4.78, 5) is 18.3. The van der Waals surface area contributed by atoms with Crippen molar-refractivity contribution in [3.05, 3.63) is 11.7 Å². The van der Waals surface area contributed by atoms with Crippen LogP contribution >= 0.6 is 0 Å². The summed E-state index contributed by atoms with van der Waals surface area (Å²) in [6.07, 6.45) is 4.87. The number of aromatic nitrogens is 2. The van der Waals surface area contributed by atoms with Gasteiger partial charge < -0.3 is 9.26 Å². The quantitative estimate of drug-likeness (QED) is 0.711. The second-order valence-corrected chi connectivity index (χ2v) is 5.09. The highest BCUT2D eigenvalue weighted by Gasteiger charge is 2.32. The zero-order chi connectivity index (χ0) is 14.4. The molecule has 0 aliphatic carbocycles. The molecule has 20 heavy (non-hydrogen) atoms. The Balaban J connectivity index is 1.91. The fourth-order valence-corrected chi connectivity index (χ4v) is 2.49. The lowest BCUT2D eigenvalue weighted by Crippen LogP contribution is -2.36. The Bertz CT molecular complexity index is 433. The van der Waals surface area contributed by atoms with Crippen LogP contribution in [0.25, 0.3) is 0 Å². The molecule has 0 N–H and O–H groups in total. The summed E-state index contributed by atoms with van der Waals surface area (Å²) in [5, 5.41) is 3.97. The van der Waals surface area contributed by atoms with Gasteiger partial charge in [-0.3, -0.25) is 9.69 Å². The van der Waals surface area contributed by atoms with E-state index < -0.39 is 0 Å². The lowest BCUT2D eigenvalue weighted by atomic mass is 10.2.